The first-order chi connectivity index (χ1) is 12.3. The van der Waals surface area contributed by atoms with E-state index >= 15 is 0 Å². The van der Waals surface area contributed by atoms with E-state index in [1.54, 1.807) is 0 Å². The van der Waals surface area contributed by atoms with Crippen molar-refractivity contribution in [2.45, 2.75) is 18.6 Å². The Morgan fingerprint density at radius 2 is 2.27 bits per heavy atom. The van der Waals surface area contributed by atoms with Gasteiger partial charge in [0.2, 0.25) is 0 Å². The number of hydrogen-bond acceptors (Lipinski definition) is 4. The van der Waals surface area contributed by atoms with Gasteiger partial charge in [-0.25, -0.2) is 4.79 Å². The monoisotopic (exact) mass is 384 g/mol. The molecule has 1 heterocycles. The first-order valence-electron chi connectivity index (χ1n) is 7.59. The Kier molecular flexibility index (Phi) is 6.32. The van der Waals surface area contributed by atoms with E-state index < -0.39 is 17.6 Å². The predicted molar refractivity (Wildman–Crippen MR) is 91.6 cm³/mol. The molecule has 1 N–H and O–H groups in total. The van der Waals surface area contributed by atoms with Gasteiger partial charge in [-0.1, -0.05) is 12.1 Å². The SMILES string of the molecule is CO/C=C(/C(=O)N(C)C1=[NH+]C(CC#N)CS1)c1cccc(C(F)(F)F)c1. The highest BCUT2D eigenvalue weighted by molar-refractivity contribution is 8.13. The van der Waals surface area contributed by atoms with Crippen LogP contribution in [-0.2, 0) is 15.7 Å². The summed E-state index contributed by atoms with van der Waals surface area (Å²) in [6.45, 7) is 0. The normalized spacial score (nSPS) is 17.5. The number of carbonyl (C=O) groups excluding carboxylic acids is 1. The van der Waals surface area contributed by atoms with Crippen molar-refractivity contribution in [1.29, 1.82) is 5.26 Å². The number of likely N-dealkylation sites (N-methyl/N-ethyl adjacent to an activating group) is 1. The van der Waals surface area contributed by atoms with Crippen LogP contribution in [0.25, 0.3) is 5.57 Å². The van der Waals surface area contributed by atoms with Crippen LogP contribution >= 0.6 is 11.8 Å². The lowest BCUT2D eigenvalue weighted by molar-refractivity contribution is -0.492. The van der Waals surface area contributed by atoms with Gasteiger partial charge in [0.1, 0.15) is 11.6 Å². The molecule has 0 spiro atoms. The highest BCUT2D eigenvalue weighted by atomic mass is 32.2. The Bertz CT molecular complexity index is 784. The van der Waals surface area contributed by atoms with E-state index in [0.717, 1.165) is 18.4 Å². The molecule has 0 saturated heterocycles. The van der Waals surface area contributed by atoms with Gasteiger partial charge in [0.15, 0.2) is 0 Å². The summed E-state index contributed by atoms with van der Waals surface area (Å²) >= 11 is 1.38. The molecule has 0 fully saturated rings. The smallest absolute Gasteiger partial charge is 0.416 e. The van der Waals surface area contributed by atoms with Crippen molar-refractivity contribution in [3.63, 3.8) is 0 Å². The van der Waals surface area contributed by atoms with Crippen LogP contribution in [0.15, 0.2) is 30.5 Å². The number of benzene rings is 1. The molecule has 1 aliphatic heterocycles. The summed E-state index contributed by atoms with van der Waals surface area (Å²) in [5.74, 6) is 0.117. The maximum absolute atomic E-state index is 12.9. The van der Waals surface area contributed by atoms with Crippen LogP contribution in [0.2, 0.25) is 0 Å². The summed E-state index contributed by atoms with van der Waals surface area (Å²) < 4.78 is 43.8. The molecule has 1 aromatic rings. The molecule has 26 heavy (non-hydrogen) atoms. The standard InChI is InChI=1S/C17H16F3N3O2S/c1-23(16-22-13(6-7-21)10-26-16)15(24)14(9-25-2)11-4-3-5-12(8-11)17(18,19)20/h3-5,8-9,13H,6,10H2,1-2H3/p+1/b14-9+. The number of methoxy groups -OCH3 is 1. The number of nitriles is 1. The van der Waals surface area contributed by atoms with Gasteiger partial charge in [0.05, 0.1) is 38.5 Å². The quantitative estimate of drug-likeness (QED) is 0.633. The van der Waals surface area contributed by atoms with Gasteiger partial charge in [-0.2, -0.15) is 23.3 Å². The van der Waals surface area contributed by atoms with Crippen molar-refractivity contribution >= 4 is 28.4 Å². The molecule has 0 aliphatic carbocycles. The number of nitrogens with zero attached hydrogens (tertiary/aromatic N) is 2. The molecule has 138 valence electrons. The fourth-order valence-electron chi connectivity index (χ4n) is 2.35. The minimum atomic E-state index is -4.51. The third-order valence-electron chi connectivity index (χ3n) is 3.66. The molecule has 2 rings (SSSR count). The minimum Gasteiger partial charge on any atom is -0.503 e. The number of hydrogen-bond donors (Lipinski definition) is 1. The van der Waals surface area contributed by atoms with Crippen molar-refractivity contribution < 1.29 is 27.7 Å². The Morgan fingerprint density at radius 1 is 1.54 bits per heavy atom. The number of rotatable bonds is 4. The third-order valence-corrected chi connectivity index (χ3v) is 4.90. The van der Waals surface area contributed by atoms with Crippen LogP contribution in [0.5, 0.6) is 0 Å². The molecule has 1 unspecified atom stereocenters. The number of amidine groups is 1. The lowest BCUT2D eigenvalue weighted by Crippen LogP contribution is -2.78. The van der Waals surface area contributed by atoms with E-state index in [-0.39, 0.29) is 17.2 Å². The first-order valence-corrected chi connectivity index (χ1v) is 8.58. The molecule has 0 bridgehead atoms. The Labute approximate surface area is 153 Å². The Balaban J connectivity index is 2.31. The molecule has 1 aliphatic rings. The lowest BCUT2D eigenvalue weighted by Gasteiger charge is -2.13. The van der Waals surface area contributed by atoms with Crippen molar-refractivity contribution in [1.82, 2.24) is 4.90 Å². The molecule has 1 aromatic carbocycles. The van der Waals surface area contributed by atoms with Crippen LogP contribution in [0.1, 0.15) is 17.5 Å². The maximum atomic E-state index is 12.9. The van der Waals surface area contributed by atoms with Gasteiger partial charge in [0, 0.05) is 5.75 Å². The summed E-state index contributed by atoms with van der Waals surface area (Å²) in [6, 6.07) is 6.50. The molecule has 0 radical (unpaired) electrons. The van der Waals surface area contributed by atoms with E-state index in [4.69, 9.17) is 10.00 Å². The molecular formula is C17H17F3N3O2S+. The molecule has 5 nitrogen and oxygen atoms in total. The average molecular weight is 384 g/mol. The summed E-state index contributed by atoms with van der Waals surface area (Å²) in [6.07, 6.45) is -3.08. The highest BCUT2D eigenvalue weighted by Gasteiger charge is 2.35. The second kappa shape index (κ2) is 8.27. The van der Waals surface area contributed by atoms with Gasteiger partial charge in [0.25, 0.3) is 0 Å². The van der Waals surface area contributed by atoms with Gasteiger partial charge in [-0.3, -0.25) is 4.99 Å². The molecule has 1 atom stereocenters. The van der Waals surface area contributed by atoms with Gasteiger partial charge in [-0.05, 0) is 29.5 Å². The highest BCUT2D eigenvalue weighted by Crippen LogP contribution is 2.31. The zero-order chi connectivity index (χ0) is 19.3. The topological polar surface area (TPSA) is 67.3 Å². The van der Waals surface area contributed by atoms with Crippen molar-refractivity contribution in [3.8, 4) is 6.07 Å². The number of alkyl halides is 3. The number of thioether (sulfide) groups is 1. The minimum absolute atomic E-state index is 0.000247. The number of nitrogens with one attached hydrogen (secondary N) is 1. The van der Waals surface area contributed by atoms with E-state index in [0.29, 0.717) is 17.3 Å². The predicted octanol–water partition coefficient (Wildman–Crippen LogP) is 1.62. The molecule has 0 saturated carbocycles. The van der Waals surface area contributed by atoms with Crippen LogP contribution in [0, 0.1) is 11.3 Å². The van der Waals surface area contributed by atoms with E-state index in [1.807, 2.05) is 0 Å². The van der Waals surface area contributed by atoms with E-state index in [1.165, 1.54) is 43.0 Å². The zero-order valence-electron chi connectivity index (χ0n) is 14.1. The largest absolute Gasteiger partial charge is 0.503 e. The van der Waals surface area contributed by atoms with Gasteiger partial charge >= 0.3 is 17.3 Å². The fraction of sp³-hybridized carbons (Fsp3) is 0.353. The van der Waals surface area contributed by atoms with Crippen molar-refractivity contribution in [2.75, 3.05) is 19.9 Å². The number of carbonyl (C=O) groups is 1. The van der Waals surface area contributed by atoms with E-state index in [9.17, 15) is 18.0 Å². The maximum Gasteiger partial charge on any atom is 0.416 e. The third kappa shape index (κ3) is 4.58. The second-order valence-corrected chi connectivity index (χ2v) is 6.54. The molecule has 9 heteroatoms. The molecule has 1 amide bonds. The number of halogens is 3. The van der Waals surface area contributed by atoms with Crippen molar-refractivity contribution in [3.05, 3.63) is 41.7 Å². The van der Waals surface area contributed by atoms with Crippen molar-refractivity contribution in [2.24, 2.45) is 0 Å². The fourth-order valence-corrected chi connectivity index (χ4v) is 3.43. The Morgan fingerprint density at radius 3 is 2.88 bits per heavy atom. The van der Waals surface area contributed by atoms with Crippen LogP contribution in [0.3, 0.4) is 0 Å². The Hall–Kier alpha value is -2.47. The summed E-state index contributed by atoms with van der Waals surface area (Å²) in [5.41, 5.74) is -0.738. The second-order valence-electron chi connectivity index (χ2n) is 5.53. The van der Waals surface area contributed by atoms with E-state index in [2.05, 4.69) is 11.1 Å². The van der Waals surface area contributed by atoms with Gasteiger partial charge < -0.3 is 4.74 Å². The lowest BCUT2D eigenvalue weighted by atomic mass is 10.0. The van der Waals surface area contributed by atoms with Gasteiger partial charge in [-0.15, -0.1) is 0 Å². The zero-order valence-corrected chi connectivity index (χ0v) is 14.9. The summed E-state index contributed by atoms with van der Waals surface area (Å²) in [7, 11) is 2.84. The van der Waals surface area contributed by atoms with Crippen LogP contribution in [0.4, 0.5) is 13.2 Å². The summed E-state index contributed by atoms with van der Waals surface area (Å²) in [4.78, 5) is 17.2. The summed E-state index contributed by atoms with van der Waals surface area (Å²) in [5, 5.41) is 9.30. The first kappa shape index (κ1) is 19.8. The van der Waals surface area contributed by atoms with Crippen LogP contribution in [-0.4, -0.2) is 41.9 Å². The molecule has 0 aromatic heterocycles. The number of amides is 1. The number of ether oxygens (including phenoxy) is 1. The van der Waals surface area contributed by atoms with Crippen LogP contribution < -0.4 is 4.99 Å². The average Bonchev–Trinajstić information content (AvgIpc) is 3.07. The molecular weight excluding hydrogens is 367 g/mol.